The number of nitrogen functional groups attached to an aromatic ring is 1. The minimum absolute atomic E-state index is 0.0104. The van der Waals surface area contributed by atoms with E-state index < -0.39 is 23.3 Å². The van der Waals surface area contributed by atoms with E-state index in [0.29, 0.717) is 44.9 Å². The monoisotopic (exact) mass is 612 g/mol. The molecule has 2 amide bonds. The zero-order valence-corrected chi connectivity index (χ0v) is 24.8. The van der Waals surface area contributed by atoms with E-state index in [1.807, 2.05) is 13.8 Å². The van der Waals surface area contributed by atoms with Gasteiger partial charge in [0.2, 0.25) is 5.91 Å². The molecule has 2 aromatic carbocycles. The van der Waals surface area contributed by atoms with E-state index in [0.717, 1.165) is 17.4 Å². The van der Waals surface area contributed by atoms with Gasteiger partial charge in [0.15, 0.2) is 0 Å². The van der Waals surface area contributed by atoms with Crippen molar-refractivity contribution in [3.8, 4) is 11.1 Å². The Morgan fingerprint density at radius 2 is 1.81 bits per heavy atom. The van der Waals surface area contributed by atoms with Crippen molar-refractivity contribution in [2.45, 2.75) is 45.6 Å². The van der Waals surface area contributed by atoms with Crippen LogP contribution in [0, 0.1) is 0 Å². The molecule has 0 saturated carbocycles. The van der Waals surface area contributed by atoms with E-state index in [-0.39, 0.29) is 30.1 Å². The maximum atomic E-state index is 14.2. The van der Waals surface area contributed by atoms with E-state index in [1.54, 1.807) is 54.6 Å². The fourth-order valence-corrected chi connectivity index (χ4v) is 5.79. The Hall–Kier alpha value is -4.25. The summed E-state index contributed by atoms with van der Waals surface area (Å²) in [5, 5.41) is 3.09. The van der Waals surface area contributed by atoms with Crippen LogP contribution in [0.4, 0.5) is 23.4 Å². The smallest absolute Gasteiger partial charge is 0.384 e. The zero-order chi connectivity index (χ0) is 31.4. The van der Waals surface area contributed by atoms with Crippen LogP contribution in [-0.4, -0.2) is 40.5 Å². The van der Waals surface area contributed by atoms with Gasteiger partial charge in [-0.3, -0.25) is 9.59 Å². The second kappa shape index (κ2) is 12.9. The maximum Gasteiger partial charge on any atom is 0.417 e. The van der Waals surface area contributed by atoms with Crippen LogP contribution in [0.15, 0.2) is 66.9 Å². The fraction of sp³-hybridized carbons (Fsp3) is 0.281. The number of nitrogens with zero attached hydrogens (tertiary/aromatic N) is 2. The molecule has 3 heterocycles. The van der Waals surface area contributed by atoms with Crippen molar-refractivity contribution in [3.63, 3.8) is 0 Å². The summed E-state index contributed by atoms with van der Waals surface area (Å²) in [6, 6.07) is 14.0. The highest BCUT2D eigenvalue weighted by Gasteiger charge is 2.36. The first-order chi connectivity index (χ1) is 20.4. The van der Waals surface area contributed by atoms with Crippen molar-refractivity contribution in [1.29, 1.82) is 0 Å². The number of benzene rings is 2. The maximum absolute atomic E-state index is 14.2. The van der Waals surface area contributed by atoms with Gasteiger partial charge in [-0.2, -0.15) is 13.2 Å². The molecule has 0 bridgehead atoms. The molecule has 0 spiro atoms. The number of alkyl halides is 4. The van der Waals surface area contributed by atoms with Crippen molar-refractivity contribution >= 4 is 45.1 Å². The Bertz CT molecular complexity index is 1630. The van der Waals surface area contributed by atoms with Crippen molar-refractivity contribution in [1.82, 2.24) is 15.2 Å². The number of rotatable bonds is 6. The number of halogens is 4. The summed E-state index contributed by atoms with van der Waals surface area (Å²) in [7, 11) is 0. The molecule has 1 unspecified atom stereocenters. The number of likely N-dealkylation sites (tertiary alicyclic amines) is 1. The van der Waals surface area contributed by atoms with E-state index in [4.69, 9.17) is 5.73 Å². The van der Waals surface area contributed by atoms with E-state index >= 15 is 0 Å². The average Bonchev–Trinajstić information content (AvgIpc) is 3.57. The third kappa shape index (κ3) is 7.78. The molecule has 1 aliphatic rings. The highest BCUT2D eigenvalue weighted by molar-refractivity contribution is 7.19. The summed E-state index contributed by atoms with van der Waals surface area (Å²) in [4.78, 5) is 31.0. The van der Waals surface area contributed by atoms with Gasteiger partial charge >= 0.3 is 6.18 Å². The number of carbonyl (C=O) groups is 2. The lowest BCUT2D eigenvalue weighted by Crippen LogP contribution is -2.31. The second-order valence-electron chi connectivity index (χ2n) is 10.2. The Morgan fingerprint density at radius 3 is 2.42 bits per heavy atom. The molecule has 0 radical (unpaired) electrons. The molecule has 43 heavy (non-hydrogen) atoms. The van der Waals surface area contributed by atoms with Crippen LogP contribution in [0.5, 0.6) is 0 Å². The first kappa shape index (κ1) is 31.7. The third-order valence-electron chi connectivity index (χ3n) is 6.82. The predicted octanol–water partition coefficient (Wildman–Crippen LogP) is 7.49. The molecule has 4 aromatic rings. The quantitative estimate of drug-likeness (QED) is 0.174. The number of aromatic nitrogens is 1. The fourth-order valence-electron chi connectivity index (χ4n) is 4.68. The number of thiophene rings is 1. The van der Waals surface area contributed by atoms with Crippen LogP contribution in [-0.2, 0) is 17.5 Å². The van der Waals surface area contributed by atoms with Gasteiger partial charge in [-0.05, 0) is 77.5 Å². The Balaban J connectivity index is 0.00000207. The minimum atomic E-state index is -4.60. The van der Waals surface area contributed by atoms with Gasteiger partial charge in [0.05, 0.1) is 18.7 Å². The number of nitrogens with two attached hydrogens (primary N) is 1. The summed E-state index contributed by atoms with van der Waals surface area (Å²) in [5.41, 5.74) is 5.22. The largest absolute Gasteiger partial charge is 0.417 e. The standard InChI is InChI=1S/C30H26F4N4O2S.C2H6/c1-29(31)10-11-38(17-29)28(40)20-6-4-19(5-7-20)21-12-22-13-23(41-27(22)24(14-21)30(32,33)34)16-37-26(39)9-3-18-2-8-25(35)36-15-18;1-2/h2-9,12-15H,10-11,16-17H2,1H3,(H2,35,36)(H,37,39);1-2H3/b9-3+;. The lowest BCUT2D eigenvalue weighted by molar-refractivity contribution is -0.136. The lowest BCUT2D eigenvalue weighted by Gasteiger charge is -2.18. The van der Waals surface area contributed by atoms with Gasteiger partial charge in [-0.25, -0.2) is 9.37 Å². The van der Waals surface area contributed by atoms with Crippen molar-refractivity contribution < 1.29 is 27.2 Å². The Morgan fingerprint density at radius 1 is 1.09 bits per heavy atom. The average molecular weight is 613 g/mol. The molecule has 1 aliphatic heterocycles. The zero-order valence-electron chi connectivity index (χ0n) is 24.0. The van der Waals surface area contributed by atoms with Gasteiger partial charge in [0.25, 0.3) is 5.91 Å². The number of pyridine rings is 1. The highest BCUT2D eigenvalue weighted by Crippen LogP contribution is 2.41. The number of hydrogen-bond acceptors (Lipinski definition) is 5. The normalized spacial score (nSPS) is 16.8. The summed E-state index contributed by atoms with van der Waals surface area (Å²) in [6.45, 7) is 5.84. The van der Waals surface area contributed by atoms with Gasteiger partial charge in [0.1, 0.15) is 11.5 Å². The Kier molecular flexibility index (Phi) is 9.54. The van der Waals surface area contributed by atoms with Crippen LogP contribution < -0.4 is 11.1 Å². The molecule has 1 fully saturated rings. The van der Waals surface area contributed by atoms with Crippen LogP contribution >= 0.6 is 11.3 Å². The topological polar surface area (TPSA) is 88.3 Å². The van der Waals surface area contributed by atoms with E-state index in [1.165, 1.54) is 24.1 Å². The molecule has 3 N–H and O–H groups in total. The van der Waals surface area contributed by atoms with Gasteiger partial charge in [-0.15, -0.1) is 11.3 Å². The molecule has 6 nitrogen and oxygen atoms in total. The van der Waals surface area contributed by atoms with Gasteiger partial charge < -0.3 is 16.0 Å². The van der Waals surface area contributed by atoms with Crippen LogP contribution in [0.25, 0.3) is 27.3 Å². The van der Waals surface area contributed by atoms with Crippen LogP contribution in [0.2, 0.25) is 0 Å². The molecule has 5 rings (SSSR count). The third-order valence-corrected chi connectivity index (χ3v) is 8.01. The predicted molar refractivity (Wildman–Crippen MR) is 163 cm³/mol. The summed E-state index contributed by atoms with van der Waals surface area (Å²) < 4.78 is 56.4. The minimum Gasteiger partial charge on any atom is -0.384 e. The lowest BCUT2D eigenvalue weighted by atomic mass is 9.99. The number of fused-ring (bicyclic) bond motifs is 1. The molecule has 226 valence electrons. The number of nitrogens with one attached hydrogen (secondary N) is 1. The van der Waals surface area contributed by atoms with Gasteiger partial charge in [-0.1, -0.05) is 26.0 Å². The SMILES string of the molecule is CC.CC1(F)CCN(C(=O)c2ccc(-c3cc(C(F)(F)F)c4sc(CNC(=O)/C=C/c5ccc(N)nc5)cc4c3)cc2)C1. The van der Waals surface area contributed by atoms with Crippen LogP contribution in [0.1, 0.15) is 53.6 Å². The Labute approximate surface area is 251 Å². The van der Waals surface area contributed by atoms with Gasteiger partial charge in [0, 0.05) is 40.4 Å². The number of anilines is 1. The number of carbonyl (C=O) groups excluding carboxylic acids is 2. The number of hydrogen-bond donors (Lipinski definition) is 2. The van der Waals surface area contributed by atoms with Crippen molar-refractivity contribution in [2.24, 2.45) is 0 Å². The first-order valence-electron chi connectivity index (χ1n) is 13.8. The van der Waals surface area contributed by atoms with E-state index in [2.05, 4.69) is 10.3 Å². The molecule has 1 saturated heterocycles. The molecule has 0 aliphatic carbocycles. The summed E-state index contributed by atoms with van der Waals surface area (Å²) in [6.07, 6.45) is 0.0552. The molecular formula is C32H32F4N4O2S. The van der Waals surface area contributed by atoms with Crippen molar-refractivity contribution in [3.05, 3.63) is 88.4 Å². The molecule has 11 heteroatoms. The highest BCUT2D eigenvalue weighted by atomic mass is 32.1. The molecule has 1 atom stereocenters. The summed E-state index contributed by atoms with van der Waals surface area (Å²) >= 11 is 0.969. The summed E-state index contributed by atoms with van der Waals surface area (Å²) in [5.74, 6) is -0.362. The first-order valence-corrected chi connectivity index (χ1v) is 14.6. The van der Waals surface area contributed by atoms with E-state index in [9.17, 15) is 27.2 Å². The molecular weight excluding hydrogens is 580 g/mol. The second-order valence-corrected chi connectivity index (χ2v) is 11.3. The number of amides is 2. The van der Waals surface area contributed by atoms with Crippen LogP contribution in [0.3, 0.4) is 0 Å². The van der Waals surface area contributed by atoms with Crippen molar-refractivity contribution in [2.75, 3.05) is 18.8 Å². The molecule has 2 aromatic heterocycles.